The molecule has 2 aliphatic carbocycles. The Kier molecular flexibility index (Phi) is 4.02. The monoisotopic (exact) mass is 364 g/mol. The highest BCUT2D eigenvalue weighted by atomic mass is 15.1. The second-order valence-corrected chi connectivity index (χ2v) is 7.77. The van der Waals surface area contributed by atoms with Crippen LogP contribution in [0.3, 0.4) is 0 Å². The number of aliphatic imine (C=N–C) groups is 1. The van der Waals surface area contributed by atoms with Crippen LogP contribution in [0.5, 0.6) is 0 Å². The van der Waals surface area contributed by atoms with E-state index < -0.39 is 0 Å². The van der Waals surface area contributed by atoms with Crippen LogP contribution in [-0.2, 0) is 19.3 Å². The maximum Gasteiger partial charge on any atom is 0.205 e. The van der Waals surface area contributed by atoms with Gasteiger partial charge in [-0.25, -0.2) is 0 Å². The molecular weight excluding hydrogens is 344 g/mol. The highest BCUT2D eigenvalue weighted by Crippen LogP contribution is 2.47. The number of nitriles is 1. The van der Waals surface area contributed by atoms with Crippen LogP contribution in [0, 0.1) is 16.9 Å². The summed E-state index contributed by atoms with van der Waals surface area (Å²) in [6.07, 6.45) is 8.84. The third kappa shape index (κ3) is 2.71. The van der Waals surface area contributed by atoms with Gasteiger partial charge in [-0.05, 0) is 67.0 Å². The molecule has 0 fully saturated rings. The first-order valence-corrected chi connectivity index (χ1v) is 9.74. The molecule has 0 amide bonds. The molecule has 0 unspecified atom stereocenters. The lowest BCUT2D eigenvalue weighted by molar-refractivity contribution is 0.376. The molecule has 2 aliphatic rings. The van der Waals surface area contributed by atoms with Crippen LogP contribution in [-0.4, -0.2) is 15.9 Å². The van der Waals surface area contributed by atoms with E-state index in [2.05, 4.69) is 63.8 Å². The maximum absolute atomic E-state index is 9.44. The van der Waals surface area contributed by atoms with E-state index in [1.54, 1.807) is 6.20 Å². The van der Waals surface area contributed by atoms with Gasteiger partial charge in [0.15, 0.2) is 0 Å². The smallest absolute Gasteiger partial charge is 0.177 e. The van der Waals surface area contributed by atoms with Gasteiger partial charge in [-0.1, -0.05) is 36.4 Å². The fourth-order valence-corrected chi connectivity index (χ4v) is 4.86. The zero-order valence-corrected chi connectivity index (χ0v) is 15.6. The lowest BCUT2D eigenvalue weighted by Crippen LogP contribution is -2.29. The zero-order valence-electron chi connectivity index (χ0n) is 15.6. The summed E-state index contributed by atoms with van der Waals surface area (Å²) in [5.41, 5.74) is 8.03. The van der Waals surface area contributed by atoms with Crippen molar-refractivity contribution in [3.8, 4) is 17.5 Å². The van der Waals surface area contributed by atoms with E-state index in [1.807, 2.05) is 12.1 Å². The molecule has 0 bridgehead atoms. The predicted molar refractivity (Wildman–Crippen MR) is 109 cm³/mol. The number of nitrogens with zero attached hydrogens (tertiary/aromatic N) is 4. The number of hydrogen-bond donors (Lipinski definition) is 0. The van der Waals surface area contributed by atoms with Crippen molar-refractivity contribution in [1.82, 2.24) is 10.2 Å². The van der Waals surface area contributed by atoms with Gasteiger partial charge in [0.1, 0.15) is 0 Å². The zero-order chi connectivity index (χ0) is 19.0. The number of aromatic nitrogens is 2. The Labute approximate surface area is 164 Å². The van der Waals surface area contributed by atoms with Gasteiger partial charge in [-0.3, -0.25) is 0 Å². The molecule has 4 nitrogen and oxygen atoms in total. The predicted octanol–water partition coefficient (Wildman–Crippen LogP) is 4.54. The Morgan fingerprint density at radius 1 is 0.929 bits per heavy atom. The molecule has 2 aromatic carbocycles. The summed E-state index contributed by atoms with van der Waals surface area (Å²) in [6.45, 7) is 0. The van der Waals surface area contributed by atoms with Gasteiger partial charge in [0.25, 0.3) is 0 Å². The first-order chi connectivity index (χ1) is 13.8. The minimum atomic E-state index is -0.0575. The van der Waals surface area contributed by atoms with Gasteiger partial charge < -0.3 is 0 Å². The van der Waals surface area contributed by atoms with Gasteiger partial charge in [-0.2, -0.15) is 20.5 Å². The second kappa shape index (κ2) is 6.69. The highest BCUT2D eigenvalue weighted by molar-refractivity contribution is 6.10. The van der Waals surface area contributed by atoms with Crippen molar-refractivity contribution in [2.75, 3.05) is 0 Å². The molecule has 1 heterocycles. The summed E-state index contributed by atoms with van der Waals surface area (Å²) in [5.74, 6) is 0. The molecule has 0 saturated carbocycles. The first kappa shape index (κ1) is 16.8. The lowest BCUT2D eigenvalue weighted by Gasteiger charge is -2.28. The van der Waals surface area contributed by atoms with Crippen molar-refractivity contribution in [1.29, 1.82) is 5.26 Å². The average Bonchev–Trinajstić information content (AvgIpc) is 2.92. The number of hydrogen-bond acceptors (Lipinski definition) is 4. The molecule has 1 spiro atoms. The number of benzene rings is 2. The quantitative estimate of drug-likeness (QED) is 0.596. The Balaban J connectivity index is 1.56. The Morgan fingerprint density at radius 3 is 2.39 bits per heavy atom. The SMILES string of the molecule is N#C/N=C1\c2cc(-c3cccnn3)ccc2CC12CCc1ccccc1CC2. The van der Waals surface area contributed by atoms with Crippen molar-refractivity contribution in [2.24, 2.45) is 10.4 Å². The van der Waals surface area contributed by atoms with Gasteiger partial charge >= 0.3 is 0 Å². The van der Waals surface area contributed by atoms with Crippen LogP contribution < -0.4 is 0 Å². The summed E-state index contributed by atoms with van der Waals surface area (Å²) in [6, 6.07) is 19.0. The van der Waals surface area contributed by atoms with Crippen LogP contribution in [0.15, 0.2) is 65.8 Å². The molecule has 0 N–H and O–H groups in total. The molecule has 3 aromatic rings. The largest absolute Gasteiger partial charge is 0.205 e. The molecule has 136 valence electrons. The van der Waals surface area contributed by atoms with Crippen molar-refractivity contribution in [2.45, 2.75) is 32.1 Å². The van der Waals surface area contributed by atoms with Crippen LogP contribution in [0.25, 0.3) is 11.3 Å². The first-order valence-electron chi connectivity index (χ1n) is 9.74. The van der Waals surface area contributed by atoms with E-state index in [4.69, 9.17) is 0 Å². The summed E-state index contributed by atoms with van der Waals surface area (Å²) >= 11 is 0. The average molecular weight is 364 g/mol. The van der Waals surface area contributed by atoms with Gasteiger partial charge in [0, 0.05) is 22.7 Å². The summed E-state index contributed by atoms with van der Waals surface area (Å²) < 4.78 is 0. The Morgan fingerprint density at radius 2 is 1.71 bits per heavy atom. The number of aryl methyl sites for hydroxylation is 2. The van der Waals surface area contributed by atoms with Crippen LogP contribution in [0.4, 0.5) is 0 Å². The standard InChI is InChI=1S/C24H20N4/c25-16-26-23-21-14-19(22-6-3-13-27-28-22)7-8-20(21)15-24(23)11-9-17-4-1-2-5-18(17)10-12-24/h1-8,13-14H,9-12,15H2/b26-23+. The number of rotatable bonds is 1. The Bertz CT molecular complexity index is 1080. The molecule has 0 radical (unpaired) electrons. The highest BCUT2D eigenvalue weighted by Gasteiger charge is 2.44. The molecule has 1 aromatic heterocycles. The molecular formula is C24H20N4. The van der Waals surface area contributed by atoms with Crippen LogP contribution >= 0.6 is 0 Å². The van der Waals surface area contributed by atoms with Gasteiger partial charge in [-0.15, -0.1) is 0 Å². The lowest BCUT2D eigenvalue weighted by atomic mass is 9.76. The third-order valence-corrected chi connectivity index (χ3v) is 6.29. The van der Waals surface area contributed by atoms with E-state index in [0.29, 0.717) is 0 Å². The summed E-state index contributed by atoms with van der Waals surface area (Å²) in [7, 11) is 0. The van der Waals surface area contributed by atoms with Crippen molar-refractivity contribution < 1.29 is 0 Å². The molecule has 0 atom stereocenters. The summed E-state index contributed by atoms with van der Waals surface area (Å²) in [4.78, 5) is 4.37. The molecule has 28 heavy (non-hydrogen) atoms. The normalized spacial score (nSPS) is 18.3. The van der Waals surface area contributed by atoms with Crippen LogP contribution in [0.2, 0.25) is 0 Å². The Hall–Kier alpha value is -3.32. The van der Waals surface area contributed by atoms with Gasteiger partial charge in [0.05, 0.1) is 11.4 Å². The topological polar surface area (TPSA) is 61.9 Å². The van der Waals surface area contributed by atoms with E-state index in [1.165, 1.54) is 16.7 Å². The minimum Gasteiger partial charge on any atom is -0.177 e. The van der Waals surface area contributed by atoms with Gasteiger partial charge in [0.2, 0.25) is 6.19 Å². The maximum atomic E-state index is 9.44. The fourth-order valence-electron chi connectivity index (χ4n) is 4.86. The number of fused-ring (bicyclic) bond motifs is 2. The van der Waals surface area contributed by atoms with Crippen molar-refractivity contribution in [3.05, 3.63) is 83.0 Å². The second-order valence-electron chi connectivity index (χ2n) is 7.77. The van der Waals surface area contributed by atoms with Crippen LogP contribution in [0.1, 0.15) is 35.1 Å². The van der Waals surface area contributed by atoms with E-state index in [0.717, 1.165) is 54.6 Å². The van der Waals surface area contributed by atoms with Crippen molar-refractivity contribution in [3.63, 3.8) is 0 Å². The molecule has 4 heteroatoms. The van der Waals surface area contributed by atoms with E-state index in [-0.39, 0.29) is 5.41 Å². The summed E-state index contributed by atoms with van der Waals surface area (Å²) in [5, 5.41) is 17.7. The van der Waals surface area contributed by atoms with Crippen molar-refractivity contribution >= 4 is 5.71 Å². The molecule has 0 saturated heterocycles. The fraction of sp³-hybridized carbons (Fsp3) is 0.250. The van der Waals surface area contributed by atoms with E-state index in [9.17, 15) is 5.26 Å². The van der Waals surface area contributed by atoms with E-state index >= 15 is 0 Å². The minimum absolute atomic E-state index is 0.0575. The molecule has 5 rings (SSSR count). The third-order valence-electron chi connectivity index (χ3n) is 6.29. The molecule has 0 aliphatic heterocycles.